The molecule has 8 heteroatoms. The molecule has 8 nitrogen and oxygen atoms in total. The topological polar surface area (TPSA) is 98.8 Å². The zero-order valence-electron chi connectivity index (χ0n) is 19.6. The third-order valence-electron chi connectivity index (χ3n) is 6.98. The first kappa shape index (κ1) is 22.7. The second-order valence-electron chi connectivity index (χ2n) is 9.37. The van der Waals surface area contributed by atoms with Gasteiger partial charge in [-0.25, -0.2) is 4.79 Å². The van der Waals surface area contributed by atoms with Crippen LogP contribution in [0.3, 0.4) is 0 Å². The summed E-state index contributed by atoms with van der Waals surface area (Å²) < 4.78 is 17.0. The molecule has 1 aromatic carbocycles. The molecule has 2 heterocycles. The van der Waals surface area contributed by atoms with Crippen LogP contribution < -0.4 is 20.1 Å². The molecule has 2 N–H and O–H groups in total. The molecule has 4 atom stereocenters. The Kier molecular flexibility index (Phi) is 5.93. The standard InChI is InChI=1S/C26H31N3O5/c1-4-16-13-26(16,25(31)33-5-2)29-24(30)22-11-18(14-27-22)34-23-12-20(15-6-7-15)28-21-10-17(32-3)8-9-19(21)23/h4,8-10,12,15-16,18,22,27H,1,5-7,11,13-14H2,2-3H3,(H,29,30)/t16-,18-,22?,26-/m1/s1. The number of hydrogen-bond donors (Lipinski definition) is 2. The van der Waals surface area contributed by atoms with Gasteiger partial charge in [0.1, 0.15) is 23.1 Å². The monoisotopic (exact) mass is 465 g/mol. The highest BCUT2D eigenvalue weighted by Crippen LogP contribution is 2.46. The van der Waals surface area contributed by atoms with Crippen molar-refractivity contribution < 1.29 is 23.8 Å². The van der Waals surface area contributed by atoms with E-state index in [1.54, 1.807) is 20.1 Å². The van der Waals surface area contributed by atoms with Gasteiger partial charge >= 0.3 is 5.97 Å². The molecule has 2 saturated carbocycles. The third-order valence-corrected chi connectivity index (χ3v) is 6.98. The van der Waals surface area contributed by atoms with Crippen LogP contribution in [0.1, 0.15) is 44.2 Å². The van der Waals surface area contributed by atoms with E-state index in [9.17, 15) is 9.59 Å². The summed E-state index contributed by atoms with van der Waals surface area (Å²) in [6, 6.07) is 7.38. The number of pyridine rings is 1. The number of carbonyl (C=O) groups excluding carboxylic acids is 2. The molecule has 0 spiro atoms. The number of aromatic nitrogens is 1. The number of hydrogen-bond acceptors (Lipinski definition) is 7. The van der Waals surface area contributed by atoms with E-state index in [0.29, 0.717) is 25.3 Å². The van der Waals surface area contributed by atoms with Gasteiger partial charge in [-0.05, 0) is 38.3 Å². The van der Waals surface area contributed by atoms with Gasteiger partial charge < -0.3 is 24.8 Å². The van der Waals surface area contributed by atoms with E-state index in [1.807, 2.05) is 24.3 Å². The maximum absolute atomic E-state index is 13.0. The van der Waals surface area contributed by atoms with Gasteiger partial charge in [0, 0.05) is 48.0 Å². The number of amides is 1. The van der Waals surface area contributed by atoms with Gasteiger partial charge in [-0.15, -0.1) is 6.58 Å². The SMILES string of the molecule is C=C[C@@H]1C[C@]1(NC(=O)C1C[C@@H](Oc2cc(C3CC3)nc3cc(OC)ccc23)CN1)C(=O)OCC. The number of benzene rings is 1. The predicted molar refractivity (Wildman–Crippen MR) is 127 cm³/mol. The number of nitrogens with zero attached hydrogens (tertiary/aromatic N) is 1. The van der Waals surface area contributed by atoms with Crippen LogP contribution in [0.25, 0.3) is 10.9 Å². The summed E-state index contributed by atoms with van der Waals surface area (Å²) in [6.45, 7) is 6.34. The zero-order valence-corrected chi connectivity index (χ0v) is 19.6. The lowest BCUT2D eigenvalue weighted by Gasteiger charge is -2.20. The fraction of sp³-hybridized carbons (Fsp3) is 0.500. The third kappa shape index (κ3) is 4.22. The molecular formula is C26H31N3O5. The van der Waals surface area contributed by atoms with E-state index >= 15 is 0 Å². The zero-order chi connectivity index (χ0) is 23.9. The van der Waals surface area contributed by atoms with Crippen molar-refractivity contribution in [3.05, 3.63) is 42.6 Å². The maximum Gasteiger partial charge on any atom is 0.332 e. The smallest absolute Gasteiger partial charge is 0.332 e. The number of nitrogens with one attached hydrogen (secondary N) is 2. The minimum atomic E-state index is -0.991. The molecule has 1 aromatic heterocycles. The quantitative estimate of drug-likeness (QED) is 0.434. The molecule has 1 saturated heterocycles. The van der Waals surface area contributed by atoms with Gasteiger partial charge in [0.2, 0.25) is 5.91 Å². The van der Waals surface area contributed by atoms with Crippen molar-refractivity contribution in [1.82, 2.24) is 15.6 Å². The molecule has 1 unspecified atom stereocenters. The van der Waals surface area contributed by atoms with E-state index < -0.39 is 17.6 Å². The highest BCUT2D eigenvalue weighted by atomic mass is 16.5. The van der Waals surface area contributed by atoms with Crippen LogP contribution >= 0.6 is 0 Å². The Balaban J connectivity index is 1.29. The minimum absolute atomic E-state index is 0.107. The fourth-order valence-electron chi connectivity index (χ4n) is 4.75. The summed E-state index contributed by atoms with van der Waals surface area (Å²) in [7, 11) is 1.64. The summed E-state index contributed by atoms with van der Waals surface area (Å²) >= 11 is 0. The van der Waals surface area contributed by atoms with Crippen molar-refractivity contribution in [2.45, 2.75) is 56.2 Å². The van der Waals surface area contributed by atoms with E-state index in [1.165, 1.54) is 0 Å². The van der Waals surface area contributed by atoms with Crippen molar-refractivity contribution in [3.63, 3.8) is 0 Å². The molecule has 2 aromatic rings. The number of carbonyl (C=O) groups is 2. The Morgan fingerprint density at radius 2 is 2.15 bits per heavy atom. The molecule has 180 valence electrons. The number of rotatable bonds is 9. The summed E-state index contributed by atoms with van der Waals surface area (Å²) in [4.78, 5) is 30.3. The first-order chi connectivity index (χ1) is 16.5. The molecule has 1 aliphatic heterocycles. The highest BCUT2D eigenvalue weighted by Gasteiger charge is 2.61. The number of fused-ring (bicyclic) bond motifs is 1. The van der Waals surface area contributed by atoms with Gasteiger partial charge in [0.25, 0.3) is 0 Å². The van der Waals surface area contributed by atoms with Crippen molar-refractivity contribution in [2.24, 2.45) is 5.92 Å². The Labute approximate surface area is 199 Å². The average Bonchev–Trinajstić information content (AvgIpc) is 3.76. The molecule has 3 aliphatic rings. The van der Waals surface area contributed by atoms with E-state index in [0.717, 1.165) is 40.9 Å². The lowest BCUT2D eigenvalue weighted by molar-refractivity contribution is -0.149. The highest BCUT2D eigenvalue weighted by molar-refractivity contribution is 5.93. The molecule has 34 heavy (non-hydrogen) atoms. The Bertz CT molecular complexity index is 1130. The second-order valence-corrected chi connectivity index (χ2v) is 9.37. The summed E-state index contributed by atoms with van der Waals surface area (Å²) in [5.74, 6) is 1.29. The number of esters is 1. The van der Waals surface area contributed by atoms with Crippen LogP contribution in [0.4, 0.5) is 0 Å². The summed E-state index contributed by atoms with van der Waals surface area (Å²) in [6.07, 6.45) is 4.83. The number of ether oxygens (including phenoxy) is 3. The second kappa shape index (κ2) is 8.91. The van der Waals surface area contributed by atoms with Gasteiger partial charge in [-0.2, -0.15) is 0 Å². The van der Waals surface area contributed by atoms with Crippen molar-refractivity contribution in [1.29, 1.82) is 0 Å². The van der Waals surface area contributed by atoms with E-state index in [2.05, 4.69) is 17.2 Å². The van der Waals surface area contributed by atoms with Gasteiger partial charge in [-0.1, -0.05) is 6.08 Å². The lowest BCUT2D eigenvalue weighted by Crippen LogP contribution is -2.51. The van der Waals surface area contributed by atoms with E-state index in [-0.39, 0.29) is 24.5 Å². The van der Waals surface area contributed by atoms with Gasteiger partial charge in [0.15, 0.2) is 0 Å². The van der Waals surface area contributed by atoms with Crippen LogP contribution in [-0.2, 0) is 14.3 Å². The Hall–Kier alpha value is -3.13. The van der Waals surface area contributed by atoms with Crippen molar-refractivity contribution in [2.75, 3.05) is 20.3 Å². The summed E-state index contributed by atoms with van der Waals surface area (Å²) in [5, 5.41) is 7.10. The largest absolute Gasteiger partial charge is 0.497 e. The number of methoxy groups -OCH3 is 1. The summed E-state index contributed by atoms with van der Waals surface area (Å²) in [5.41, 5.74) is 0.894. The molecule has 0 radical (unpaired) electrons. The van der Waals surface area contributed by atoms with Gasteiger partial charge in [-0.3, -0.25) is 9.78 Å². The molecule has 1 amide bonds. The van der Waals surface area contributed by atoms with Crippen molar-refractivity contribution >= 4 is 22.8 Å². The first-order valence-corrected chi connectivity index (χ1v) is 12.0. The maximum atomic E-state index is 13.0. The van der Waals surface area contributed by atoms with Crippen LogP contribution in [0.2, 0.25) is 0 Å². The molecule has 2 aliphatic carbocycles. The predicted octanol–water partition coefficient (Wildman–Crippen LogP) is 2.85. The van der Waals surface area contributed by atoms with Crippen LogP contribution in [0.15, 0.2) is 36.9 Å². The van der Waals surface area contributed by atoms with Crippen LogP contribution in [-0.4, -0.2) is 54.8 Å². The molecule has 0 bridgehead atoms. The first-order valence-electron chi connectivity index (χ1n) is 12.0. The normalized spacial score (nSPS) is 27.8. The van der Waals surface area contributed by atoms with E-state index in [4.69, 9.17) is 19.2 Å². The Morgan fingerprint density at radius 3 is 2.82 bits per heavy atom. The molecule has 5 rings (SSSR count). The van der Waals surface area contributed by atoms with Gasteiger partial charge in [0.05, 0.1) is 25.3 Å². The minimum Gasteiger partial charge on any atom is -0.497 e. The Morgan fingerprint density at radius 1 is 1.32 bits per heavy atom. The van der Waals surface area contributed by atoms with Crippen LogP contribution in [0.5, 0.6) is 11.5 Å². The molecular weight excluding hydrogens is 434 g/mol. The molecule has 3 fully saturated rings. The van der Waals surface area contributed by atoms with Crippen molar-refractivity contribution in [3.8, 4) is 11.5 Å². The lowest BCUT2D eigenvalue weighted by atomic mass is 10.1. The van der Waals surface area contributed by atoms with Crippen LogP contribution in [0, 0.1) is 5.92 Å². The fourth-order valence-corrected chi connectivity index (χ4v) is 4.75. The average molecular weight is 466 g/mol.